The lowest BCUT2D eigenvalue weighted by molar-refractivity contribution is 0.582. The molecular weight excluding hydrogens is 408 g/mol. The largest absolute Gasteiger partial charge is 0.313 e. The van der Waals surface area contributed by atoms with Crippen LogP contribution in [0.25, 0.3) is 0 Å². The molecule has 0 radical (unpaired) electrons. The molecule has 1 nitrogen and oxygen atoms in total. The monoisotopic (exact) mass is 419 g/mol. The summed E-state index contributed by atoms with van der Waals surface area (Å²) in [5.74, 6) is -0.381. The number of hydrogen-bond acceptors (Lipinski definition) is 1. The van der Waals surface area contributed by atoms with Crippen LogP contribution in [-0.4, -0.2) is 7.05 Å². The van der Waals surface area contributed by atoms with E-state index in [0.29, 0.717) is 6.42 Å². The summed E-state index contributed by atoms with van der Waals surface area (Å²) < 4.78 is 15.5. The second-order valence-electron chi connectivity index (χ2n) is 4.46. The van der Waals surface area contributed by atoms with Gasteiger partial charge < -0.3 is 5.32 Å². The fourth-order valence-corrected chi connectivity index (χ4v) is 3.49. The topological polar surface area (TPSA) is 12.0 Å². The second kappa shape index (κ2) is 7.03. The molecule has 5 heteroatoms. The maximum atomic E-state index is 13.5. The van der Waals surface area contributed by atoms with E-state index in [1.807, 2.05) is 31.3 Å². The summed E-state index contributed by atoms with van der Waals surface area (Å²) in [7, 11) is 1.89. The van der Waals surface area contributed by atoms with Crippen molar-refractivity contribution in [1.29, 1.82) is 0 Å². The Hall–Kier alpha value is -0.420. The van der Waals surface area contributed by atoms with Crippen LogP contribution in [0.2, 0.25) is 5.02 Å². The molecule has 106 valence electrons. The van der Waals surface area contributed by atoms with Gasteiger partial charge in [0.25, 0.3) is 0 Å². The lowest BCUT2D eigenvalue weighted by Gasteiger charge is -2.18. The predicted octanol–water partition coefficient (Wildman–Crippen LogP) is 5.51. The lowest BCUT2D eigenvalue weighted by Crippen LogP contribution is -2.19. The van der Waals surface area contributed by atoms with Crippen LogP contribution in [-0.2, 0) is 6.42 Å². The summed E-state index contributed by atoms with van der Waals surface area (Å²) in [6.45, 7) is 0. The standard InChI is InChI=1S/C15H13Br2ClFN/c1-20-15(11-4-3-10(16)8-12(11)17)7-9-2-5-13(18)14(19)6-9/h2-6,8,15,20H,7H2,1H3. The highest BCUT2D eigenvalue weighted by atomic mass is 79.9. The maximum absolute atomic E-state index is 13.5. The van der Waals surface area contributed by atoms with Crippen molar-refractivity contribution in [2.24, 2.45) is 0 Å². The molecule has 0 aromatic heterocycles. The average Bonchev–Trinajstić information content (AvgIpc) is 2.41. The zero-order chi connectivity index (χ0) is 14.7. The smallest absolute Gasteiger partial charge is 0.142 e. The quantitative estimate of drug-likeness (QED) is 0.687. The van der Waals surface area contributed by atoms with Crippen LogP contribution in [0, 0.1) is 5.82 Å². The number of rotatable bonds is 4. The average molecular weight is 422 g/mol. The third-order valence-electron chi connectivity index (χ3n) is 3.11. The van der Waals surface area contributed by atoms with Crippen molar-refractivity contribution in [1.82, 2.24) is 5.32 Å². The molecule has 0 spiro atoms. The van der Waals surface area contributed by atoms with Gasteiger partial charge in [-0.05, 0) is 48.9 Å². The molecule has 0 bridgehead atoms. The van der Waals surface area contributed by atoms with Crippen LogP contribution >= 0.6 is 43.5 Å². The van der Waals surface area contributed by atoms with Gasteiger partial charge in [-0.25, -0.2) is 4.39 Å². The van der Waals surface area contributed by atoms with Gasteiger partial charge in [-0.15, -0.1) is 0 Å². The van der Waals surface area contributed by atoms with Crippen molar-refractivity contribution in [3.8, 4) is 0 Å². The Morgan fingerprint density at radius 1 is 1.20 bits per heavy atom. The summed E-state index contributed by atoms with van der Waals surface area (Å²) in [5, 5.41) is 3.41. The lowest BCUT2D eigenvalue weighted by atomic mass is 9.99. The van der Waals surface area contributed by atoms with Crippen molar-refractivity contribution in [2.75, 3.05) is 7.05 Å². The molecular formula is C15H13Br2ClFN. The Morgan fingerprint density at radius 3 is 2.55 bits per heavy atom. The fraction of sp³-hybridized carbons (Fsp3) is 0.200. The maximum Gasteiger partial charge on any atom is 0.142 e. The number of benzene rings is 2. The van der Waals surface area contributed by atoms with Crippen molar-refractivity contribution >= 4 is 43.5 Å². The number of halogens is 4. The molecule has 0 amide bonds. The summed E-state index contributed by atoms with van der Waals surface area (Å²) in [5.41, 5.74) is 2.03. The first-order valence-electron chi connectivity index (χ1n) is 6.07. The number of likely N-dealkylation sites (N-methyl/N-ethyl adjacent to an activating group) is 1. The van der Waals surface area contributed by atoms with E-state index in [0.717, 1.165) is 20.1 Å². The van der Waals surface area contributed by atoms with E-state index in [4.69, 9.17) is 11.6 Å². The van der Waals surface area contributed by atoms with Crippen LogP contribution in [0.3, 0.4) is 0 Å². The zero-order valence-electron chi connectivity index (χ0n) is 10.8. The zero-order valence-corrected chi connectivity index (χ0v) is 14.7. The van der Waals surface area contributed by atoms with E-state index in [-0.39, 0.29) is 16.9 Å². The predicted molar refractivity (Wildman–Crippen MR) is 88.8 cm³/mol. The highest BCUT2D eigenvalue weighted by Gasteiger charge is 2.14. The molecule has 0 fully saturated rings. The first-order valence-corrected chi connectivity index (χ1v) is 8.04. The van der Waals surface area contributed by atoms with Crippen molar-refractivity contribution in [2.45, 2.75) is 12.5 Å². The van der Waals surface area contributed by atoms with Gasteiger partial charge in [0, 0.05) is 15.0 Å². The first-order chi connectivity index (χ1) is 9.51. The van der Waals surface area contributed by atoms with Crippen molar-refractivity contribution in [3.63, 3.8) is 0 Å². The SMILES string of the molecule is CNC(Cc1ccc(Cl)c(F)c1)c1ccc(Br)cc1Br. The summed E-state index contributed by atoms with van der Waals surface area (Å²) in [4.78, 5) is 0. The Kier molecular flexibility index (Phi) is 5.61. The molecule has 0 heterocycles. The molecule has 0 saturated heterocycles. The van der Waals surface area contributed by atoms with E-state index < -0.39 is 0 Å². The molecule has 0 aliphatic rings. The number of nitrogens with one attached hydrogen (secondary N) is 1. The van der Waals surface area contributed by atoms with Gasteiger partial charge in [0.15, 0.2) is 0 Å². The van der Waals surface area contributed by atoms with Gasteiger partial charge in [0.05, 0.1) is 5.02 Å². The van der Waals surface area contributed by atoms with E-state index in [1.54, 1.807) is 6.07 Å². The highest BCUT2D eigenvalue weighted by Crippen LogP contribution is 2.29. The Balaban J connectivity index is 2.26. The number of hydrogen-bond donors (Lipinski definition) is 1. The van der Waals surface area contributed by atoms with Gasteiger partial charge in [-0.2, -0.15) is 0 Å². The Bertz CT molecular complexity index is 619. The highest BCUT2D eigenvalue weighted by molar-refractivity contribution is 9.11. The van der Waals surface area contributed by atoms with Gasteiger partial charge >= 0.3 is 0 Å². The third-order valence-corrected chi connectivity index (χ3v) is 4.60. The van der Waals surface area contributed by atoms with E-state index in [9.17, 15) is 4.39 Å². The first kappa shape index (κ1) is 16.0. The minimum absolute atomic E-state index is 0.0954. The Labute approximate surface area is 139 Å². The van der Waals surface area contributed by atoms with E-state index in [2.05, 4.69) is 37.2 Å². The molecule has 1 unspecified atom stereocenters. The van der Waals surface area contributed by atoms with Gasteiger partial charge in [-0.3, -0.25) is 0 Å². The van der Waals surface area contributed by atoms with Crippen LogP contribution in [0.4, 0.5) is 4.39 Å². The molecule has 0 saturated carbocycles. The van der Waals surface area contributed by atoms with Gasteiger partial charge in [0.1, 0.15) is 5.82 Å². The minimum atomic E-state index is -0.381. The van der Waals surface area contributed by atoms with E-state index >= 15 is 0 Å². The molecule has 2 aromatic carbocycles. The van der Waals surface area contributed by atoms with Crippen LogP contribution < -0.4 is 5.32 Å². The molecule has 2 aromatic rings. The van der Waals surface area contributed by atoms with Gasteiger partial charge in [-0.1, -0.05) is 55.6 Å². The molecule has 0 aliphatic heterocycles. The summed E-state index contributed by atoms with van der Waals surface area (Å²) >= 11 is 12.7. The summed E-state index contributed by atoms with van der Waals surface area (Å²) in [6.07, 6.45) is 0.685. The fourth-order valence-electron chi connectivity index (χ4n) is 2.05. The minimum Gasteiger partial charge on any atom is -0.313 e. The van der Waals surface area contributed by atoms with E-state index in [1.165, 1.54) is 6.07 Å². The summed E-state index contributed by atoms with van der Waals surface area (Å²) in [6, 6.07) is 11.1. The molecule has 1 atom stereocenters. The van der Waals surface area contributed by atoms with Gasteiger partial charge in [0.2, 0.25) is 0 Å². The Morgan fingerprint density at radius 2 is 1.95 bits per heavy atom. The van der Waals surface area contributed by atoms with Crippen LogP contribution in [0.15, 0.2) is 45.3 Å². The molecule has 20 heavy (non-hydrogen) atoms. The van der Waals surface area contributed by atoms with Crippen molar-refractivity contribution < 1.29 is 4.39 Å². The van der Waals surface area contributed by atoms with Crippen LogP contribution in [0.5, 0.6) is 0 Å². The molecule has 0 aliphatic carbocycles. The molecule has 1 N–H and O–H groups in total. The second-order valence-corrected chi connectivity index (χ2v) is 6.64. The van der Waals surface area contributed by atoms with Crippen LogP contribution in [0.1, 0.15) is 17.2 Å². The van der Waals surface area contributed by atoms with Crippen molar-refractivity contribution in [3.05, 3.63) is 67.3 Å². The molecule has 2 rings (SSSR count). The normalized spacial score (nSPS) is 12.4. The third kappa shape index (κ3) is 3.82.